The van der Waals surface area contributed by atoms with Crippen LogP contribution >= 0.6 is 0 Å². The smallest absolute Gasteiger partial charge is 0.407 e. The van der Waals surface area contributed by atoms with Gasteiger partial charge in [-0.3, -0.25) is 20.2 Å². The molecule has 0 atom stereocenters. The van der Waals surface area contributed by atoms with Crippen molar-refractivity contribution in [2.45, 2.75) is 12.3 Å². The molecule has 0 radical (unpaired) electrons. The average molecular weight is 683 g/mol. The molecule has 15 nitrogen and oxygen atoms in total. The van der Waals surface area contributed by atoms with Crippen LogP contribution in [0.1, 0.15) is 23.5 Å². The molecule has 15 heteroatoms. The first kappa shape index (κ1) is 37.2. The van der Waals surface area contributed by atoms with Crippen molar-refractivity contribution in [3.8, 4) is 11.1 Å². The lowest BCUT2D eigenvalue weighted by molar-refractivity contribution is -0.393. The van der Waals surface area contributed by atoms with Crippen LogP contribution in [0, 0.1) is 20.2 Å². The van der Waals surface area contributed by atoms with Gasteiger partial charge in [-0.25, -0.2) is 4.79 Å². The van der Waals surface area contributed by atoms with Crippen LogP contribution in [0.5, 0.6) is 0 Å². The number of non-ortho nitro benzene ring substituents is 1. The van der Waals surface area contributed by atoms with Gasteiger partial charge in [0.1, 0.15) is 12.3 Å². The van der Waals surface area contributed by atoms with Crippen LogP contribution in [0.3, 0.4) is 0 Å². The Morgan fingerprint density at radius 1 is 0.653 bits per heavy atom. The maximum absolute atomic E-state index is 12.2. The highest BCUT2D eigenvalue weighted by Crippen LogP contribution is 2.44. The summed E-state index contributed by atoms with van der Waals surface area (Å²) in [6.45, 7) is 4.99. The lowest BCUT2D eigenvalue weighted by Crippen LogP contribution is -2.27. The van der Waals surface area contributed by atoms with Crippen molar-refractivity contribution in [3.63, 3.8) is 0 Å². The second kappa shape index (κ2) is 20.6. The van der Waals surface area contributed by atoms with E-state index >= 15 is 0 Å². The topological polar surface area (TPSA) is 183 Å². The molecule has 0 fully saturated rings. The Balaban J connectivity index is 0.890. The maximum atomic E-state index is 12.2. The van der Waals surface area contributed by atoms with E-state index in [-0.39, 0.29) is 42.7 Å². The number of amides is 1. The number of alkyl carbamates (subject to hydrolysis) is 1. The molecule has 4 rings (SSSR count). The van der Waals surface area contributed by atoms with Gasteiger partial charge in [0.15, 0.2) is 0 Å². The summed E-state index contributed by atoms with van der Waals surface area (Å²) in [7, 11) is 0. The molecule has 2 N–H and O–H groups in total. The Bertz CT molecular complexity index is 1460. The first-order valence-electron chi connectivity index (χ1n) is 16.1. The molecule has 1 aliphatic carbocycles. The molecule has 264 valence electrons. The van der Waals surface area contributed by atoms with Crippen molar-refractivity contribution in [3.05, 3.63) is 98.1 Å². The van der Waals surface area contributed by atoms with Crippen LogP contribution < -0.4 is 10.6 Å². The van der Waals surface area contributed by atoms with E-state index in [2.05, 4.69) is 34.9 Å². The van der Waals surface area contributed by atoms with Gasteiger partial charge in [0.2, 0.25) is 0 Å². The molecular weight excluding hydrogens is 640 g/mol. The largest absolute Gasteiger partial charge is 0.449 e. The molecule has 1 aliphatic rings. The first-order valence-corrected chi connectivity index (χ1v) is 16.1. The van der Waals surface area contributed by atoms with Crippen LogP contribution in [-0.2, 0) is 28.4 Å². The van der Waals surface area contributed by atoms with Crippen LogP contribution in [0.15, 0.2) is 66.7 Å². The predicted octanol–water partition coefficient (Wildman–Crippen LogP) is 4.93. The molecule has 0 saturated heterocycles. The number of ether oxygens (including phenoxy) is 6. The maximum Gasteiger partial charge on any atom is 0.407 e. The number of benzene rings is 3. The Morgan fingerprint density at radius 2 is 1.18 bits per heavy atom. The zero-order valence-corrected chi connectivity index (χ0v) is 27.2. The zero-order chi connectivity index (χ0) is 34.7. The number of carbonyl (C=O) groups excluding carboxylic acids is 1. The molecule has 3 aromatic rings. The van der Waals surface area contributed by atoms with Gasteiger partial charge in [0, 0.05) is 31.7 Å². The minimum absolute atomic E-state index is 0.0315. The number of anilines is 1. The predicted molar refractivity (Wildman–Crippen MR) is 180 cm³/mol. The molecule has 0 aromatic heterocycles. The number of nitrogens with one attached hydrogen (secondary N) is 2. The highest BCUT2D eigenvalue weighted by atomic mass is 16.6. The average Bonchev–Trinajstić information content (AvgIpc) is 3.43. The molecule has 3 aromatic carbocycles. The minimum Gasteiger partial charge on any atom is -0.449 e. The number of nitro benzene ring substituents is 2. The molecule has 0 spiro atoms. The van der Waals surface area contributed by atoms with Gasteiger partial charge in [-0.15, -0.1) is 0 Å². The lowest BCUT2D eigenvalue weighted by Gasteiger charge is -2.14. The quantitative estimate of drug-likeness (QED) is 0.0740. The molecule has 0 aliphatic heterocycles. The van der Waals surface area contributed by atoms with Crippen molar-refractivity contribution in [2.24, 2.45) is 0 Å². The van der Waals surface area contributed by atoms with Crippen molar-refractivity contribution in [2.75, 3.05) is 91.1 Å². The second-order valence-corrected chi connectivity index (χ2v) is 10.8. The third-order valence-corrected chi connectivity index (χ3v) is 7.52. The van der Waals surface area contributed by atoms with Crippen LogP contribution in [0.2, 0.25) is 0 Å². The van der Waals surface area contributed by atoms with E-state index in [0.717, 1.165) is 6.07 Å². The Kier molecular flexibility index (Phi) is 15.7. The Hall–Kier alpha value is -4.67. The van der Waals surface area contributed by atoms with Gasteiger partial charge in [-0.1, -0.05) is 48.5 Å². The fraction of sp³-hybridized carbons (Fsp3) is 0.441. The van der Waals surface area contributed by atoms with E-state index < -0.39 is 15.9 Å². The molecule has 49 heavy (non-hydrogen) atoms. The number of hydrogen-bond donors (Lipinski definition) is 2. The highest BCUT2D eigenvalue weighted by Gasteiger charge is 2.29. The molecule has 0 heterocycles. The van der Waals surface area contributed by atoms with Crippen molar-refractivity contribution in [1.29, 1.82) is 0 Å². The summed E-state index contributed by atoms with van der Waals surface area (Å²) in [4.78, 5) is 32.9. The van der Waals surface area contributed by atoms with Crippen LogP contribution in [-0.4, -0.2) is 102 Å². The molecule has 1 amide bonds. The van der Waals surface area contributed by atoms with E-state index in [1.807, 2.05) is 24.3 Å². The van der Waals surface area contributed by atoms with Gasteiger partial charge in [0.05, 0.1) is 75.4 Å². The third-order valence-electron chi connectivity index (χ3n) is 7.52. The van der Waals surface area contributed by atoms with Crippen molar-refractivity contribution >= 4 is 23.2 Å². The van der Waals surface area contributed by atoms with Gasteiger partial charge in [0.25, 0.3) is 11.4 Å². The van der Waals surface area contributed by atoms with E-state index in [1.165, 1.54) is 34.4 Å². The fourth-order valence-electron chi connectivity index (χ4n) is 5.19. The summed E-state index contributed by atoms with van der Waals surface area (Å²) >= 11 is 0. The Labute approximate surface area is 284 Å². The molecule has 0 unspecified atom stereocenters. The van der Waals surface area contributed by atoms with Gasteiger partial charge < -0.3 is 39.1 Å². The van der Waals surface area contributed by atoms with E-state index in [0.29, 0.717) is 72.4 Å². The van der Waals surface area contributed by atoms with E-state index in [9.17, 15) is 25.0 Å². The van der Waals surface area contributed by atoms with Crippen molar-refractivity contribution in [1.82, 2.24) is 5.32 Å². The standard InChI is InChI=1S/C34H42N4O11/c39-34(49-25-31-29-8-3-1-6-27(29)28-7-2-4-9-30(28)31)36-12-5-14-44-16-18-46-20-22-48-23-21-47-19-17-45-15-13-35-32-11-10-26(37(40)41)24-33(32)38(42)43/h1-4,6-11,24,31,35H,5,12-23,25H2,(H,36,39). The minimum atomic E-state index is -0.682. The van der Waals surface area contributed by atoms with Crippen LogP contribution in [0.25, 0.3) is 11.1 Å². The first-order chi connectivity index (χ1) is 24.0. The van der Waals surface area contributed by atoms with Gasteiger partial charge >= 0.3 is 6.09 Å². The summed E-state index contributed by atoms with van der Waals surface area (Å²) in [5, 5.41) is 27.6. The van der Waals surface area contributed by atoms with E-state index in [1.54, 1.807) is 0 Å². The second-order valence-electron chi connectivity index (χ2n) is 10.8. The summed E-state index contributed by atoms with van der Waals surface area (Å²) < 4.78 is 32.9. The molecule has 0 saturated carbocycles. The van der Waals surface area contributed by atoms with Crippen LogP contribution in [0.4, 0.5) is 21.9 Å². The number of carbonyl (C=O) groups is 1. The Morgan fingerprint density at radius 3 is 1.73 bits per heavy atom. The van der Waals surface area contributed by atoms with Gasteiger partial charge in [-0.05, 0) is 34.7 Å². The van der Waals surface area contributed by atoms with E-state index in [4.69, 9.17) is 28.4 Å². The monoisotopic (exact) mass is 682 g/mol. The number of nitrogens with zero attached hydrogens (tertiary/aromatic N) is 2. The zero-order valence-electron chi connectivity index (χ0n) is 27.2. The number of hydrogen-bond acceptors (Lipinski definition) is 12. The normalized spacial score (nSPS) is 11.9. The summed E-state index contributed by atoms with van der Waals surface area (Å²) in [6, 6.07) is 19.9. The third kappa shape index (κ3) is 12.1. The molecular formula is C34H42N4O11. The summed E-state index contributed by atoms with van der Waals surface area (Å²) in [5.41, 5.74) is 4.21. The lowest BCUT2D eigenvalue weighted by atomic mass is 9.98. The SMILES string of the molecule is O=C(NCCCOCCOCCOCCOCCOCCNc1ccc([N+](=O)[O-])cc1[N+](=O)[O-])OCC1c2ccccc2-c2ccccc21. The number of fused-ring (bicyclic) bond motifs is 3. The van der Waals surface area contributed by atoms with Gasteiger partial charge in [-0.2, -0.15) is 0 Å². The number of nitro groups is 2. The summed E-state index contributed by atoms with van der Waals surface area (Å²) in [5.74, 6) is 0.0315. The summed E-state index contributed by atoms with van der Waals surface area (Å²) in [6.07, 6.45) is 0.217. The number of rotatable bonds is 24. The fourth-order valence-corrected chi connectivity index (χ4v) is 5.19. The van der Waals surface area contributed by atoms with Crippen molar-refractivity contribution < 1.29 is 43.1 Å². The molecule has 0 bridgehead atoms. The highest BCUT2D eigenvalue weighted by molar-refractivity contribution is 5.79.